The number of fused-ring (bicyclic) bond motifs is 3. The van der Waals surface area contributed by atoms with E-state index in [0.717, 1.165) is 10.9 Å². The van der Waals surface area contributed by atoms with E-state index in [2.05, 4.69) is 20.2 Å². The fraction of sp³-hybridized carbons (Fsp3) is 0.0526. The molecule has 5 rings (SSSR count). The highest BCUT2D eigenvalue weighted by molar-refractivity contribution is 5.89. The number of hydrogen-bond acceptors (Lipinski definition) is 4. The van der Waals surface area contributed by atoms with Crippen LogP contribution in [0.3, 0.4) is 0 Å². The van der Waals surface area contributed by atoms with Crippen molar-refractivity contribution in [1.29, 1.82) is 0 Å². The topological polar surface area (TPSA) is 60.9 Å². The fourth-order valence-corrected chi connectivity index (χ4v) is 3.00. The summed E-state index contributed by atoms with van der Waals surface area (Å²) in [6.07, 6.45) is 3.30. The second-order valence-electron chi connectivity index (χ2n) is 5.95. The number of halogens is 1. The third-order valence-electron chi connectivity index (χ3n) is 4.26. The van der Waals surface area contributed by atoms with E-state index in [1.807, 2.05) is 35.0 Å². The third kappa shape index (κ3) is 2.33. The summed E-state index contributed by atoms with van der Waals surface area (Å²) in [4.78, 5) is 8.97. The zero-order valence-corrected chi connectivity index (χ0v) is 13.6. The predicted molar refractivity (Wildman–Crippen MR) is 95.0 cm³/mol. The van der Waals surface area contributed by atoms with Crippen LogP contribution >= 0.6 is 0 Å². The Balaban J connectivity index is 1.63. The first-order chi connectivity index (χ1) is 12.8. The van der Waals surface area contributed by atoms with Crippen molar-refractivity contribution in [2.45, 2.75) is 6.54 Å². The van der Waals surface area contributed by atoms with Crippen molar-refractivity contribution < 1.29 is 4.39 Å². The molecule has 0 unspecified atom stereocenters. The minimum atomic E-state index is -0.354. The van der Waals surface area contributed by atoms with Crippen molar-refractivity contribution in [1.82, 2.24) is 29.4 Å². The molecule has 6 nitrogen and oxygen atoms in total. The molecular weight excluding hydrogens is 331 g/mol. The van der Waals surface area contributed by atoms with Gasteiger partial charge in [0.2, 0.25) is 0 Å². The van der Waals surface area contributed by atoms with Gasteiger partial charge in [0, 0.05) is 0 Å². The summed E-state index contributed by atoms with van der Waals surface area (Å²) < 4.78 is 17.4. The summed E-state index contributed by atoms with van der Waals surface area (Å²) >= 11 is 0. The molecule has 0 amide bonds. The van der Waals surface area contributed by atoms with Gasteiger partial charge in [0.1, 0.15) is 12.1 Å². The Hall–Kier alpha value is -3.61. The molecule has 0 saturated heterocycles. The predicted octanol–water partition coefficient (Wildman–Crippen LogP) is 3.33. The summed E-state index contributed by atoms with van der Waals surface area (Å²) in [6, 6.07) is 16.5. The molecule has 0 aliphatic heterocycles. The lowest BCUT2D eigenvalue weighted by atomic mass is 10.2. The number of nitrogens with zero attached hydrogens (tertiary/aromatic N) is 6. The second kappa shape index (κ2) is 5.73. The van der Waals surface area contributed by atoms with Crippen molar-refractivity contribution in [2.75, 3.05) is 0 Å². The van der Waals surface area contributed by atoms with Crippen LogP contribution in [0.15, 0.2) is 67.1 Å². The monoisotopic (exact) mass is 344 g/mol. The average molecular weight is 344 g/mol. The van der Waals surface area contributed by atoms with Crippen LogP contribution in [0.25, 0.3) is 28.1 Å². The molecule has 0 radical (unpaired) electrons. The minimum Gasteiger partial charge on any atom is -0.243 e. The highest BCUT2D eigenvalue weighted by Crippen LogP contribution is 2.23. The van der Waals surface area contributed by atoms with Gasteiger partial charge in [0.05, 0.1) is 23.7 Å². The molecule has 0 bridgehead atoms. The smallest absolute Gasteiger partial charge is 0.185 e. The Morgan fingerprint density at radius 3 is 2.58 bits per heavy atom. The molecule has 0 saturated carbocycles. The molecule has 3 aromatic heterocycles. The van der Waals surface area contributed by atoms with Gasteiger partial charge in [-0.15, -0.1) is 5.10 Å². The first-order valence-electron chi connectivity index (χ1n) is 8.15. The molecule has 0 atom stereocenters. The first kappa shape index (κ1) is 14.7. The van der Waals surface area contributed by atoms with Crippen LogP contribution in [0.4, 0.5) is 4.39 Å². The Bertz CT molecular complexity index is 1220. The van der Waals surface area contributed by atoms with E-state index in [9.17, 15) is 4.39 Å². The molecule has 0 spiro atoms. The molecule has 0 aliphatic rings. The van der Waals surface area contributed by atoms with E-state index in [-0.39, 0.29) is 5.82 Å². The molecule has 3 heterocycles. The van der Waals surface area contributed by atoms with Crippen molar-refractivity contribution in [2.24, 2.45) is 0 Å². The van der Waals surface area contributed by atoms with E-state index in [1.165, 1.54) is 6.07 Å². The summed E-state index contributed by atoms with van der Waals surface area (Å²) in [7, 11) is 0. The maximum Gasteiger partial charge on any atom is 0.185 e. The summed E-state index contributed by atoms with van der Waals surface area (Å²) in [5, 5.41) is 9.57. The van der Waals surface area contributed by atoms with Crippen LogP contribution in [-0.4, -0.2) is 29.4 Å². The fourth-order valence-electron chi connectivity index (χ4n) is 3.00. The van der Waals surface area contributed by atoms with Gasteiger partial charge in [-0.25, -0.2) is 23.6 Å². The highest BCUT2D eigenvalue weighted by Gasteiger charge is 2.15. The van der Waals surface area contributed by atoms with Gasteiger partial charge < -0.3 is 0 Å². The molecule has 26 heavy (non-hydrogen) atoms. The Morgan fingerprint density at radius 2 is 1.73 bits per heavy atom. The third-order valence-corrected chi connectivity index (χ3v) is 4.26. The molecule has 2 aromatic carbocycles. The largest absolute Gasteiger partial charge is 0.243 e. The first-order valence-corrected chi connectivity index (χ1v) is 8.15. The van der Waals surface area contributed by atoms with Crippen LogP contribution in [0.2, 0.25) is 0 Å². The molecule has 126 valence electrons. The number of benzene rings is 2. The number of aromatic nitrogens is 6. The maximum absolute atomic E-state index is 14.0. The van der Waals surface area contributed by atoms with Gasteiger partial charge in [0.25, 0.3) is 0 Å². The average Bonchev–Trinajstić information content (AvgIpc) is 3.27. The zero-order valence-electron chi connectivity index (χ0n) is 13.6. The van der Waals surface area contributed by atoms with Gasteiger partial charge in [-0.05, 0) is 17.7 Å². The standard InChI is InChI=1S/C19H13FN6/c20-16-9-5-4-8-14(16)17-23-19-15-10-22-25(11-13-6-2-1-3-7-13)18(15)21-12-26(19)24-17/h1-10,12H,11H2. The van der Waals surface area contributed by atoms with Crippen LogP contribution in [0.5, 0.6) is 0 Å². The van der Waals surface area contributed by atoms with Crippen LogP contribution < -0.4 is 0 Å². The Morgan fingerprint density at radius 1 is 0.923 bits per heavy atom. The van der Waals surface area contributed by atoms with E-state index in [4.69, 9.17) is 0 Å². The van der Waals surface area contributed by atoms with E-state index < -0.39 is 0 Å². The molecule has 0 aliphatic carbocycles. The van der Waals surface area contributed by atoms with Gasteiger partial charge >= 0.3 is 0 Å². The number of rotatable bonds is 3. The lowest BCUT2D eigenvalue weighted by Crippen LogP contribution is -2.03. The summed E-state index contributed by atoms with van der Waals surface area (Å²) in [5.41, 5.74) is 2.81. The maximum atomic E-state index is 14.0. The van der Waals surface area contributed by atoms with Gasteiger partial charge in [-0.2, -0.15) is 5.10 Å². The van der Waals surface area contributed by atoms with Crippen LogP contribution in [0, 0.1) is 5.82 Å². The van der Waals surface area contributed by atoms with Crippen molar-refractivity contribution in [3.63, 3.8) is 0 Å². The van der Waals surface area contributed by atoms with E-state index in [0.29, 0.717) is 29.2 Å². The number of hydrogen-bond donors (Lipinski definition) is 0. The lowest BCUT2D eigenvalue weighted by molar-refractivity contribution is 0.630. The quantitative estimate of drug-likeness (QED) is 0.504. The summed E-state index contributed by atoms with van der Waals surface area (Å²) in [6.45, 7) is 0.613. The molecular formula is C19H13FN6. The van der Waals surface area contributed by atoms with Crippen LogP contribution in [0.1, 0.15) is 5.56 Å². The van der Waals surface area contributed by atoms with Gasteiger partial charge in [-0.3, -0.25) is 0 Å². The molecule has 0 fully saturated rings. The zero-order chi connectivity index (χ0) is 17.5. The molecule has 0 N–H and O–H groups in total. The van der Waals surface area contributed by atoms with Gasteiger partial charge in [-0.1, -0.05) is 42.5 Å². The van der Waals surface area contributed by atoms with Crippen molar-refractivity contribution in [3.8, 4) is 11.4 Å². The SMILES string of the molecule is Fc1ccccc1-c1nc2c3cnn(Cc4ccccc4)c3ncn2n1. The second-order valence-corrected chi connectivity index (χ2v) is 5.95. The Labute approximate surface area is 147 Å². The van der Waals surface area contributed by atoms with E-state index >= 15 is 0 Å². The molecule has 5 aromatic rings. The Kier molecular flexibility index (Phi) is 3.24. The van der Waals surface area contributed by atoms with Gasteiger partial charge in [0.15, 0.2) is 17.1 Å². The summed E-state index contributed by atoms with van der Waals surface area (Å²) in [5.74, 6) is -0.0272. The van der Waals surface area contributed by atoms with Crippen LogP contribution in [-0.2, 0) is 6.54 Å². The lowest BCUT2D eigenvalue weighted by Gasteiger charge is -2.02. The van der Waals surface area contributed by atoms with Crippen molar-refractivity contribution in [3.05, 3.63) is 78.5 Å². The van der Waals surface area contributed by atoms with E-state index in [1.54, 1.807) is 35.2 Å². The minimum absolute atomic E-state index is 0.327. The highest BCUT2D eigenvalue weighted by atomic mass is 19.1. The normalized spacial score (nSPS) is 11.4. The van der Waals surface area contributed by atoms with Crippen molar-refractivity contribution >= 4 is 16.7 Å². The molecule has 7 heteroatoms.